The Balaban J connectivity index is 1.64. The molecule has 2 aromatic rings. The van der Waals surface area contributed by atoms with E-state index in [4.69, 9.17) is 4.74 Å². The molecule has 1 aliphatic rings. The van der Waals surface area contributed by atoms with Crippen molar-refractivity contribution in [2.75, 3.05) is 20.2 Å². The Kier molecular flexibility index (Phi) is 7.22. The van der Waals surface area contributed by atoms with Gasteiger partial charge in [-0.05, 0) is 60.6 Å². The predicted molar refractivity (Wildman–Crippen MR) is 112 cm³/mol. The highest BCUT2D eigenvalue weighted by Gasteiger charge is 2.26. The molecule has 1 saturated heterocycles. The van der Waals surface area contributed by atoms with E-state index in [9.17, 15) is 9.59 Å². The maximum atomic E-state index is 12.6. The molecule has 3 rings (SSSR count). The number of methoxy groups -OCH3 is 1. The number of aromatic nitrogens is 1. The number of carbonyl (C=O) groups is 2. The van der Waals surface area contributed by atoms with Crippen LogP contribution in [0.5, 0.6) is 5.75 Å². The minimum atomic E-state index is -0.121. The van der Waals surface area contributed by atoms with Crippen LogP contribution in [0.15, 0.2) is 42.7 Å². The molecule has 0 bridgehead atoms. The van der Waals surface area contributed by atoms with Crippen LogP contribution in [0.25, 0.3) is 0 Å². The van der Waals surface area contributed by atoms with Crippen molar-refractivity contribution in [3.8, 4) is 5.75 Å². The van der Waals surface area contributed by atoms with Gasteiger partial charge in [0.15, 0.2) is 0 Å². The third-order valence-corrected chi connectivity index (χ3v) is 5.33. The van der Waals surface area contributed by atoms with Gasteiger partial charge >= 0.3 is 0 Å². The van der Waals surface area contributed by atoms with Crippen molar-refractivity contribution in [3.63, 3.8) is 0 Å². The Bertz CT molecular complexity index is 839. The molecule has 1 unspecified atom stereocenters. The lowest BCUT2D eigenvalue weighted by molar-refractivity contribution is -0.130. The summed E-state index contributed by atoms with van der Waals surface area (Å²) in [7, 11) is 1.65. The van der Waals surface area contributed by atoms with Gasteiger partial charge < -0.3 is 15.0 Å². The molecule has 1 aromatic heterocycles. The van der Waals surface area contributed by atoms with Crippen LogP contribution < -0.4 is 10.1 Å². The molecule has 1 fully saturated rings. The van der Waals surface area contributed by atoms with Crippen LogP contribution in [0.2, 0.25) is 0 Å². The van der Waals surface area contributed by atoms with E-state index in [1.165, 1.54) is 0 Å². The smallest absolute Gasteiger partial charge is 0.251 e. The first-order valence-electron chi connectivity index (χ1n) is 10.2. The van der Waals surface area contributed by atoms with E-state index in [1.54, 1.807) is 25.6 Å². The van der Waals surface area contributed by atoms with Gasteiger partial charge in [-0.15, -0.1) is 0 Å². The van der Waals surface area contributed by atoms with Gasteiger partial charge in [0.1, 0.15) is 5.75 Å². The van der Waals surface area contributed by atoms with E-state index in [0.717, 1.165) is 49.2 Å². The van der Waals surface area contributed by atoms with Gasteiger partial charge in [-0.1, -0.05) is 13.0 Å². The Morgan fingerprint density at radius 1 is 1.31 bits per heavy atom. The van der Waals surface area contributed by atoms with E-state index >= 15 is 0 Å². The third-order valence-electron chi connectivity index (χ3n) is 5.33. The molecule has 1 atom stereocenters. The maximum Gasteiger partial charge on any atom is 0.251 e. The maximum absolute atomic E-state index is 12.6. The first-order valence-corrected chi connectivity index (χ1v) is 10.2. The molecule has 154 valence electrons. The Morgan fingerprint density at radius 3 is 2.90 bits per heavy atom. The molecular weight excluding hydrogens is 366 g/mol. The topological polar surface area (TPSA) is 71.5 Å². The largest absolute Gasteiger partial charge is 0.496 e. The van der Waals surface area contributed by atoms with Crippen LogP contribution in [0.1, 0.15) is 47.7 Å². The van der Waals surface area contributed by atoms with Crippen LogP contribution in [0, 0.1) is 5.92 Å². The summed E-state index contributed by atoms with van der Waals surface area (Å²) in [6.45, 7) is 4.06. The number of rotatable bonds is 8. The van der Waals surface area contributed by atoms with Crippen LogP contribution in [-0.2, 0) is 17.8 Å². The molecule has 1 aromatic carbocycles. The number of hydrogen-bond acceptors (Lipinski definition) is 4. The van der Waals surface area contributed by atoms with E-state index in [2.05, 4.69) is 10.3 Å². The lowest BCUT2D eigenvalue weighted by Crippen LogP contribution is -2.28. The summed E-state index contributed by atoms with van der Waals surface area (Å²) in [5, 5.41) is 2.94. The number of carbonyl (C=O) groups excluding carboxylic acids is 2. The van der Waals surface area contributed by atoms with Crippen molar-refractivity contribution >= 4 is 11.8 Å². The third kappa shape index (κ3) is 5.56. The Hall–Kier alpha value is -2.89. The fraction of sp³-hybridized carbons (Fsp3) is 0.435. The number of benzene rings is 1. The van der Waals surface area contributed by atoms with Gasteiger partial charge in [0, 0.05) is 44.0 Å². The van der Waals surface area contributed by atoms with E-state index in [-0.39, 0.29) is 11.8 Å². The fourth-order valence-corrected chi connectivity index (χ4v) is 3.78. The molecule has 29 heavy (non-hydrogen) atoms. The number of pyridine rings is 1. The molecular formula is C23H29N3O3. The summed E-state index contributed by atoms with van der Waals surface area (Å²) in [4.78, 5) is 30.8. The van der Waals surface area contributed by atoms with Gasteiger partial charge in [-0.3, -0.25) is 14.6 Å². The predicted octanol–water partition coefficient (Wildman–Crippen LogP) is 3.21. The normalized spacial score (nSPS) is 15.9. The monoisotopic (exact) mass is 395 g/mol. The van der Waals surface area contributed by atoms with Gasteiger partial charge in [-0.25, -0.2) is 0 Å². The molecule has 6 nitrogen and oxygen atoms in total. The fourth-order valence-electron chi connectivity index (χ4n) is 3.78. The molecule has 2 heterocycles. The Labute approximate surface area is 172 Å². The zero-order chi connectivity index (χ0) is 20.6. The summed E-state index contributed by atoms with van der Waals surface area (Å²) >= 11 is 0. The minimum absolute atomic E-state index is 0.121. The second kappa shape index (κ2) is 10.0. The number of nitrogens with one attached hydrogen (secondary N) is 1. The van der Waals surface area contributed by atoms with Crippen LogP contribution >= 0.6 is 0 Å². The average Bonchev–Trinajstić information content (AvgIpc) is 3.21. The number of ether oxygens (including phenoxy) is 1. The molecule has 1 aliphatic heterocycles. The van der Waals surface area contributed by atoms with Gasteiger partial charge in [0.05, 0.1) is 7.11 Å². The van der Waals surface area contributed by atoms with Crippen molar-refractivity contribution in [1.82, 2.24) is 15.2 Å². The lowest BCUT2D eigenvalue weighted by Gasteiger charge is -2.17. The molecule has 0 radical (unpaired) electrons. The zero-order valence-electron chi connectivity index (χ0n) is 17.2. The quantitative estimate of drug-likeness (QED) is 0.745. The summed E-state index contributed by atoms with van der Waals surface area (Å²) < 4.78 is 5.51. The van der Waals surface area contributed by atoms with Crippen molar-refractivity contribution in [2.45, 2.75) is 39.2 Å². The number of amides is 2. The first kappa shape index (κ1) is 20.8. The first-order chi connectivity index (χ1) is 14.1. The standard InChI is InChI=1S/C23H29N3O3/c1-3-5-22(27)26-11-9-17(16-26)12-20-13-19(7-8-21(20)29-2)23(28)25-15-18-6-4-10-24-14-18/h4,6-8,10,13-14,17H,3,5,9,11-12,15-16H2,1-2H3,(H,25,28). The van der Waals surface area contributed by atoms with E-state index in [1.807, 2.05) is 36.1 Å². The van der Waals surface area contributed by atoms with Crippen molar-refractivity contribution < 1.29 is 14.3 Å². The van der Waals surface area contributed by atoms with Crippen molar-refractivity contribution in [1.29, 1.82) is 0 Å². The molecule has 0 aliphatic carbocycles. The van der Waals surface area contributed by atoms with Gasteiger partial charge in [0.2, 0.25) is 5.91 Å². The summed E-state index contributed by atoms with van der Waals surface area (Å²) in [6.07, 6.45) is 6.72. The minimum Gasteiger partial charge on any atom is -0.496 e. The average molecular weight is 396 g/mol. The summed E-state index contributed by atoms with van der Waals surface area (Å²) in [5.41, 5.74) is 2.58. The second-order valence-corrected chi connectivity index (χ2v) is 7.52. The zero-order valence-corrected chi connectivity index (χ0v) is 17.2. The number of likely N-dealkylation sites (tertiary alicyclic amines) is 1. The van der Waals surface area contributed by atoms with E-state index in [0.29, 0.717) is 24.4 Å². The highest BCUT2D eigenvalue weighted by molar-refractivity contribution is 5.94. The van der Waals surface area contributed by atoms with Crippen molar-refractivity contribution in [3.05, 3.63) is 59.4 Å². The molecule has 2 amide bonds. The van der Waals surface area contributed by atoms with E-state index < -0.39 is 0 Å². The van der Waals surface area contributed by atoms with Gasteiger partial charge in [0.25, 0.3) is 5.91 Å². The molecule has 6 heteroatoms. The summed E-state index contributed by atoms with van der Waals surface area (Å²) in [6, 6.07) is 9.32. The Morgan fingerprint density at radius 2 is 2.17 bits per heavy atom. The van der Waals surface area contributed by atoms with Gasteiger partial charge in [-0.2, -0.15) is 0 Å². The van der Waals surface area contributed by atoms with Crippen LogP contribution in [0.3, 0.4) is 0 Å². The highest BCUT2D eigenvalue weighted by atomic mass is 16.5. The van der Waals surface area contributed by atoms with Crippen molar-refractivity contribution in [2.24, 2.45) is 5.92 Å². The number of hydrogen-bond donors (Lipinski definition) is 1. The highest BCUT2D eigenvalue weighted by Crippen LogP contribution is 2.27. The molecule has 1 N–H and O–H groups in total. The van der Waals surface area contributed by atoms with Crippen LogP contribution in [0.4, 0.5) is 0 Å². The second-order valence-electron chi connectivity index (χ2n) is 7.52. The lowest BCUT2D eigenvalue weighted by atomic mass is 9.96. The molecule has 0 spiro atoms. The SMILES string of the molecule is CCCC(=O)N1CCC(Cc2cc(C(=O)NCc3cccnc3)ccc2OC)C1. The number of nitrogens with zero attached hydrogens (tertiary/aromatic N) is 2. The van der Waals surface area contributed by atoms with Crippen LogP contribution in [-0.4, -0.2) is 41.9 Å². The summed E-state index contributed by atoms with van der Waals surface area (Å²) in [5.74, 6) is 1.29. The molecule has 0 saturated carbocycles.